The molecule has 3 aromatic rings. The number of nitrogens with zero attached hydrogens (tertiary/aromatic N) is 2. The Hall–Kier alpha value is -2.99. The normalized spacial score (nSPS) is 10.6. The molecule has 0 saturated heterocycles. The molecule has 0 aliphatic rings. The van der Waals surface area contributed by atoms with E-state index in [2.05, 4.69) is 15.7 Å². The highest BCUT2D eigenvalue weighted by atomic mass is 35.5. The lowest BCUT2D eigenvalue weighted by atomic mass is 10.2. The number of benzene rings is 2. The van der Waals surface area contributed by atoms with E-state index in [-0.39, 0.29) is 6.03 Å². The second-order valence-corrected chi connectivity index (χ2v) is 6.74. The van der Waals surface area contributed by atoms with Gasteiger partial charge < -0.3 is 15.4 Å². The van der Waals surface area contributed by atoms with Crippen molar-refractivity contribution in [3.8, 4) is 5.75 Å². The average Bonchev–Trinajstić information content (AvgIpc) is 2.93. The van der Waals surface area contributed by atoms with Gasteiger partial charge in [-0.25, -0.2) is 4.79 Å². The Bertz CT molecular complexity index is 967. The van der Waals surface area contributed by atoms with Crippen molar-refractivity contribution in [3.05, 3.63) is 70.5 Å². The van der Waals surface area contributed by atoms with E-state index < -0.39 is 0 Å². The van der Waals surface area contributed by atoms with Crippen LogP contribution in [0.5, 0.6) is 5.75 Å². The lowest BCUT2D eigenvalue weighted by Crippen LogP contribution is -2.20. The van der Waals surface area contributed by atoms with Gasteiger partial charge in [-0.1, -0.05) is 29.8 Å². The van der Waals surface area contributed by atoms with Crippen LogP contribution in [0.25, 0.3) is 0 Å². The van der Waals surface area contributed by atoms with E-state index in [9.17, 15) is 4.79 Å². The van der Waals surface area contributed by atoms with Gasteiger partial charge in [-0.2, -0.15) is 5.10 Å². The Balaban J connectivity index is 1.69. The van der Waals surface area contributed by atoms with Gasteiger partial charge >= 0.3 is 6.03 Å². The summed E-state index contributed by atoms with van der Waals surface area (Å²) in [5.41, 5.74) is 3.95. The quantitative estimate of drug-likeness (QED) is 0.596. The molecule has 0 aliphatic carbocycles. The van der Waals surface area contributed by atoms with Gasteiger partial charge in [0.1, 0.15) is 5.75 Å². The molecule has 0 atom stereocenters. The first kappa shape index (κ1) is 19.8. The Morgan fingerprint density at radius 2 is 1.82 bits per heavy atom. The molecular formula is C21H23ClN4O2. The molecule has 6 nitrogen and oxygen atoms in total. The molecule has 2 N–H and O–H groups in total. The largest absolute Gasteiger partial charge is 0.494 e. The summed E-state index contributed by atoms with van der Waals surface area (Å²) < 4.78 is 7.24. The SMILES string of the molecule is CCOc1ccc(NC(=O)Nc2c(C)nn(Cc3ccccc3Cl)c2C)cc1. The van der Waals surface area contributed by atoms with Gasteiger partial charge in [0.25, 0.3) is 0 Å². The van der Waals surface area contributed by atoms with E-state index in [1.165, 1.54) is 0 Å². The van der Waals surface area contributed by atoms with Crippen molar-refractivity contribution >= 4 is 29.0 Å². The van der Waals surface area contributed by atoms with E-state index in [1.807, 2.05) is 61.9 Å². The minimum absolute atomic E-state index is 0.326. The fourth-order valence-corrected chi connectivity index (χ4v) is 3.09. The number of ether oxygens (including phenoxy) is 1. The van der Waals surface area contributed by atoms with Gasteiger partial charge in [0.2, 0.25) is 0 Å². The van der Waals surface area contributed by atoms with Gasteiger partial charge in [-0.3, -0.25) is 4.68 Å². The lowest BCUT2D eigenvalue weighted by molar-refractivity contribution is 0.262. The number of urea groups is 1. The molecule has 1 aromatic heterocycles. The molecule has 0 unspecified atom stereocenters. The number of rotatable bonds is 6. The second kappa shape index (κ2) is 8.80. The van der Waals surface area contributed by atoms with Crippen molar-refractivity contribution in [2.45, 2.75) is 27.3 Å². The first-order valence-electron chi connectivity index (χ1n) is 9.06. The van der Waals surface area contributed by atoms with Gasteiger partial charge in [0, 0.05) is 10.7 Å². The molecule has 0 bridgehead atoms. The van der Waals surface area contributed by atoms with Crippen molar-refractivity contribution < 1.29 is 9.53 Å². The number of nitrogens with one attached hydrogen (secondary N) is 2. The van der Waals surface area contributed by atoms with E-state index in [4.69, 9.17) is 16.3 Å². The van der Waals surface area contributed by atoms with Gasteiger partial charge in [0.15, 0.2) is 0 Å². The van der Waals surface area contributed by atoms with Gasteiger partial charge in [0.05, 0.1) is 30.2 Å². The highest BCUT2D eigenvalue weighted by Crippen LogP contribution is 2.23. The predicted octanol–water partition coefficient (Wildman–Crippen LogP) is 5.24. The first-order chi connectivity index (χ1) is 13.5. The maximum Gasteiger partial charge on any atom is 0.323 e. The van der Waals surface area contributed by atoms with Crippen LogP contribution < -0.4 is 15.4 Å². The van der Waals surface area contributed by atoms with Crippen LogP contribution in [0.4, 0.5) is 16.2 Å². The number of carbonyl (C=O) groups is 1. The topological polar surface area (TPSA) is 68.2 Å². The highest BCUT2D eigenvalue weighted by Gasteiger charge is 2.15. The third kappa shape index (κ3) is 4.64. The van der Waals surface area contributed by atoms with E-state index in [0.717, 1.165) is 22.7 Å². The summed E-state index contributed by atoms with van der Waals surface area (Å²) in [5, 5.41) is 10.9. The molecule has 28 heavy (non-hydrogen) atoms. The second-order valence-electron chi connectivity index (χ2n) is 6.33. The molecule has 0 radical (unpaired) electrons. The van der Waals surface area contributed by atoms with Crippen LogP contribution in [0.2, 0.25) is 5.02 Å². The van der Waals surface area contributed by atoms with Crippen molar-refractivity contribution in [1.82, 2.24) is 9.78 Å². The van der Waals surface area contributed by atoms with Crippen LogP contribution >= 0.6 is 11.6 Å². The molecule has 7 heteroatoms. The summed E-state index contributed by atoms with van der Waals surface area (Å²) in [6.45, 7) is 6.85. The number of aryl methyl sites for hydroxylation is 1. The molecule has 0 spiro atoms. The maximum absolute atomic E-state index is 12.4. The third-order valence-corrected chi connectivity index (χ3v) is 4.69. The van der Waals surface area contributed by atoms with Crippen LogP contribution in [-0.2, 0) is 6.54 Å². The van der Waals surface area contributed by atoms with Crippen LogP contribution in [0.1, 0.15) is 23.9 Å². The summed E-state index contributed by atoms with van der Waals surface area (Å²) in [4.78, 5) is 12.4. The molecule has 1 heterocycles. The number of aromatic nitrogens is 2. The minimum Gasteiger partial charge on any atom is -0.494 e. The van der Waals surface area contributed by atoms with Crippen LogP contribution in [-0.4, -0.2) is 22.4 Å². The average molecular weight is 399 g/mol. The molecule has 3 rings (SSSR count). The fourth-order valence-electron chi connectivity index (χ4n) is 2.90. The number of anilines is 2. The number of hydrogen-bond donors (Lipinski definition) is 2. The van der Waals surface area contributed by atoms with Gasteiger partial charge in [-0.05, 0) is 56.7 Å². The number of amides is 2. The highest BCUT2D eigenvalue weighted by molar-refractivity contribution is 6.31. The van der Waals surface area contributed by atoms with Crippen molar-refractivity contribution in [1.29, 1.82) is 0 Å². The summed E-state index contributed by atoms with van der Waals surface area (Å²) in [5.74, 6) is 0.765. The Kier molecular flexibility index (Phi) is 6.21. The molecule has 0 aliphatic heterocycles. The van der Waals surface area contributed by atoms with Crippen molar-refractivity contribution in [2.75, 3.05) is 17.2 Å². The Morgan fingerprint density at radius 1 is 1.11 bits per heavy atom. The lowest BCUT2D eigenvalue weighted by Gasteiger charge is -2.10. The van der Waals surface area contributed by atoms with E-state index in [0.29, 0.717) is 29.5 Å². The van der Waals surface area contributed by atoms with E-state index in [1.54, 1.807) is 12.1 Å². The monoisotopic (exact) mass is 398 g/mol. The predicted molar refractivity (Wildman–Crippen MR) is 113 cm³/mol. The van der Waals surface area contributed by atoms with E-state index >= 15 is 0 Å². The first-order valence-corrected chi connectivity index (χ1v) is 9.44. The zero-order chi connectivity index (χ0) is 20.1. The minimum atomic E-state index is -0.326. The Labute approximate surface area is 169 Å². The smallest absolute Gasteiger partial charge is 0.323 e. The Morgan fingerprint density at radius 3 is 2.50 bits per heavy atom. The standard InChI is InChI=1S/C21H23ClN4O2/c1-4-28-18-11-9-17(10-12-18)23-21(27)24-20-14(2)25-26(15(20)3)13-16-7-5-6-8-19(16)22/h5-12H,4,13H2,1-3H3,(H2,23,24,27). The summed E-state index contributed by atoms with van der Waals surface area (Å²) in [7, 11) is 0. The molecule has 146 valence electrons. The number of carbonyl (C=O) groups excluding carboxylic acids is 1. The molecule has 2 amide bonds. The van der Waals surface area contributed by atoms with Crippen molar-refractivity contribution in [2.24, 2.45) is 0 Å². The van der Waals surface area contributed by atoms with Crippen LogP contribution in [0.15, 0.2) is 48.5 Å². The summed E-state index contributed by atoms with van der Waals surface area (Å²) in [6.07, 6.45) is 0. The van der Waals surface area contributed by atoms with Gasteiger partial charge in [-0.15, -0.1) is 0 Å². The van der Waals surface area contributed by atoms with Crippen LogP contribution in [0.3, 0.4) is 0 Å². The fraction of sp³-hybridized carbons (Fsp3) is 0.238. The molecule has 0 saturated carbocycles. The zero-order valence-corrected chi connectivity index (χ0v) is 16.9. The summed E-state index contributed by atoms with van der Waals surface area (Å²) in [6, 6.07) is 14.6. The zero-order valence-electron chi connectivity index (χ0n) is 16.1. The molecule has 2 aromatic carbocycles. The maximum atomic E-state index is 12.4. The number of hydrogen-bond acceptors (Lipinski definition) is 3. The third-order valence-electron chi connectivity index (χ3n) is 4.32. The van der Waals surface area contributed by atoms with Crippen LogP contribution in [0, 0.1) is 13.8 Å². The molecular weight excluding hydrogens is 376 g/mol. The van der Waals surface area contributed by atoms with Crippen molar-refractivity contribution in [3.63, 3.8) is 0 Å². The molecule has 0 fully saturated rings. The number of halogens is 1. The summed E-state index contributed by atoms with van der Waals surface area (Å²) >= 11 is 6.25.